The number of thiophene rings is 1. The Morgan fingerprint density at radius 2 is 1.64 bits per heavy atom. The van der Waals surface area contributed by atoms with E-state index in [-0.39, 0.29) is 11.9 Å². The highest BCUT2D eigenvalue weighted by molar-refractivity contribution is 7.10. The van der Waals surface area contributed by atoms with E-state index in [0.29, 0.717) is 23.9 Å². The maximum absolute atomic E-state index is 13.7. The van der Waals surface area contributed by atoms with Crippen LogP contribution in [0.2, 0.25) is 5.02 Å². The Morgan fingerprint density at radius 1 is 0.939 bits per heavy atom. The van der Waals surface area contributed by atoms with E-state index in [4.69, 9.17) is 16.3 Å². The van der Waals surface area contributed by atoms with Gasteiger partial charge in [0.2, 0.25) is 0 Å². The van der Waals surface area contributed by atoms with Crippen LogP contribution in [0.5, 0.6) is 5.75 Å². The van der Waals surface area contributed by atoms with Crippen LogP contribution in [0.25, 0.3) is 0 Å². The summed E-state index contributed by atoms with van der Waals surface area (Å²) < 4.78 is 5.90. The fraction of sp³-hybridized carbons (Fsp3) is 0.179. The normalized spacial score (nSPS) is 18.0. The van der Waals surface area contributed by atoms with Gasteiger partial charge < -0.3 is 4.74 Å². The van der Waals surface area contributed by atoms with Crippen LogP contribution in [0.1, 0.15) is 27.5 Å². The summed E-state index contributed by atoms with van der Waals surface area (Å²) in [5, 5.41) is 2.84. The molecule has 1 aliphatic heterocycles. The first kappa shape index (κ1) is 21.9. The van der Waals surface area contributed by atoms with E-state index < -0.39 is 6.04 Å². The largest absolute Gasteiger partial charge is 0.425 e. The molecular formula is C28H24ClNO2S. The lowest BCUT2D eigenvalue weighted by Gasteiger charge is -2.40. The summed E-state index contributed by atoms with van der Waals surface area (Å²) in [6.07, 6.45) is 0.766. The molecule has 0 N–H and O–H groups in total. The number of hydrogen-bond donors (Lipinski definition) is 0. The number of ether oxygens (including phenoxy) is 1. The number of para-hydroxylation sites is 1. The minimum atomic E-state index is -0.423. The molecule has 0 fully saturated rings. The summed E-state index contributed by atoms with van der Waals surface area (Å²) in [5.41, 5.74) is 3.49. The minimum absolute atomic E-state index is 0.00477. The van der Waals surface area contributed by atoms with Crippen molar-refractivity contribution in [3.63, 3.8) is 0 Å². The minimum Gasteiger partial charge on any atom is -0.425 e. The molecule has 0 amide bonds. The molecule has 33 heavy (non-hydrogen) atoms. The van der Waals surface area contributed by atoms with Crippen molar-refractivity contribution in [3.8, 4) is 5.75 Å². The summed E-state index contributed by atoms with van der Waals surface area (Å²) in [6, 6.07) is 29.3. The van der Waals surface area contributed by atoms with Crippen molar-refractivity contribution in [3.05, 3.63) is 123 Å². The number of halogens is 1. The lowest BCUT2D eigenvalue weighted by atomic mass is 9.84. The third kappa shape index (κ3) is 4.88. The van der Waals surface area contributed by atoms with Gasteiger partial charge in [-0.25, -0.2) is 4.79 Å². The molecule has 2 heterocycles. The van der Waals surface area contributed by atoms with Gasteiger partial charge in [-0.2, -0.15) is 0 Å². The van der Waals surface area contributed by atoms with Gasteiger partial charge in [0.25, 0.3) is 0 Å². The Kier molecular flexibility index (Phi) is 6.58. The van der Waals surface area contributed by atoms with Gasteiger partial charge in [-0.3, -0.25) is 4.90 Å². The van der Waals surface area contributed by atoms with Gasteiger partial charge in [-0.1, -0.05) is 78.3 Å². The summed E-state index contributed by atoms with van der Waals surface area (Å²) in [6.45, 7) is 1.26. The molecule has 2 atom stereocenters. The average molecular weight is 474 g/mol. The van der Waals surface area contributed by atoms with Crippen LogP contribution in [-0.4, -0.2) is 16.9 Å². The van der Waals surface area contributed by atoms with Crippen LogP contribution >= 0.6 is 22.9 Å². The van der Waals surface area contributed by atoms with Gasteiger partial charge in [0.05, 0.1) is 0 Å². The molecule has 0 radical (unpaired) electrons. The predicted molar refractivity (Wildman–Crippen MR) is 134 cm³/mol. The first-order valence-corrected chi connectivity index (χ1v) is 12.3. The highest BCUT2D eigenvalue weighted by Gasteiger charge is 2.42. The molecule has 5 rings (SSSR count). The number of benzene rings is 3. The van der Waals surface area contributed by atoms with Gasteiger partial charge in [-0.15, -0.1) is 11.3 Å². The van der Waals surface area contributed by atoms with Crippen LogP contribution in [0.4, 0.5) is 0 Å². The van der Waals surface area contributed by atoms with E-state index in [0.717, 1.165) is 12.0 Å². The zero-order valence-electron chi connectivity index (χ0n) is 18.1. The average Bonchev–Trinajstić information content (AvgIpc) is 3.30. The van der Waals surface area contributed by atoms with Crippen LogP contribution < -0.4 is 4.74 Å². The number of hydrogen-bond acceptors (Lipinski definition) is 4. The van der Waals surface area contributed by atoms with Gasteiger partial charge in [-0.05, 0) is 52.8 Å². The second-order valence-corrected chi connectivity index (χ2v) is 9.64. The van der Waals surface area contributed by atoms with Gasteiger partial charge in [0.15, 0.2) is 0 Å². The number of fused-ring (bicyclic) bond motifs is 1. The highest BCUT2D eigenvalue weighted by Crippen LogP contribution is 2.40. The lowest BCUT2D eigenvalue weighted by molar-refractivity contribution is -0.142. The molecule has 3 nitrogen and oxygen atoms in total. The molecule has 4 aromatic rings. The topological polar surface area (TPSA) is 29.5 Å². The maximum Gasteiger partial charge on any atom is 0.329 e. The van der Waals surface area contributed by atoms with E-state index in [9.17, 15) is 4.79 Å². The SMILES string of the molecule is O=C(Oc1ccccc1)C1C(Cc2ccccc2)c2sccc2CN1Cc1ccccc1Cl. The fourth-order valence-corrected chi connectivity index (χ4v) is 5.81. The first-order valence-electron chi connectivity index (χ1n) is 11.0. The predicted octanol–water partition coefficient (Wildman–Crippen LogP) is 6.72. The number of carbonyl (C=O) groups is 1. The lowest BCUT2D eigenvalue weighted by Crippen LogP contribution is -2.49. The molecule has 2 unspecified atom stereocenters. The number of rotatable bonds is 6. The Labute approximate surface area is 203 Å². The van der Waals surface area contributed by atoms with Crippen molar-refractivity contribution in [2.24, 2.45) is 0 Å². The zero-order chi connectivity index (χ0) is 22.6. The molecule has 1 aliphatic rings. The van der Waals surface area contributed by atoms with Gasteiger partial charge in [0.1, 0.15) is 11.8 Å². The van der Waals surface area contributed by atoms with Crippen LogP contribution in [0.3, 0.4) is 0 Å². The van der Waals surface area contributed by atoms with Crippen molar-refractivity contribution in [2.75, 3.05) is 0 Å². The molecule has 0 saturated carbocycles. The summed E-state index contributed by atoms with van der Waals surface area (Å²) in [4.78, 5) is 17.2. The van der Waals surface area contributed by atoms with Crippen molar-refractivity contribution in [2.45, 2.75) is 31.5 Å². The summed E-state index contributed by atoms with van der Waals surface area (Å²) in [5.74, 6) is 0.332. The van der Waals surface area contributed by atoms with Crippen LogP contribution in [0, 0.1) is 0 Å². The van der Waals surface area contributed by atoms with Crippen LogP contribution in [-0.2, 0) is 24.3 Å². The molecule has 0 spiro atoms. The molecular weight excluding hydrogens is 450 g/mol. The van der Waals surface area contributed by atoms with Gasteiger partial charge >= 0.3 is 5.97 Å². The maximum atomic E-state index is 13.7. The van der Waals surface area contributed by atoms with Crippen LogP contribution in [0.15, 0.2) is 96.4 Å². The van der Waals surface area contributed by atoms with Crippen molar-refractivity contribution in [1.29, 1.82) is 0 Å². The Morgan fingerprint density at radius 3 is 2.39 bits per heavy atom. The molecule has 0 bridgehead atoms. The van der Waals surface area contributed by atoms with Crippen molar-refractivity contribution >= 4 is 28.9 Å². The molecule has 1 aromatic heterocycles. The molecule has 166 valence electrons. The molecule has 0 aliphatic carbocycles. The number of carbonyl (C=O) groups excluding carboxylic acids is 1. The van der Waals surface area contributed by atoms with Crippen molar-refractivity contribution < 1.29 is 9.53 Å². The number of nitrogens with zero attached hydrogens (tertiary/aromatic N) is 1. The Bertz CT molecular complexity index is 1220. The third-order valence-corrected chi connectivity index (χ3v) is 7.56. The first-order chi connectivity index (χ1) is 16.2. The zero-order valence-corrected chi connectivity index (χ0v) is 19.6. The molecule has 3 aromatic carbocycles. The molecule has 0 saturated heterocycles. The number of esters is 1. The second kappa shape index (κ2) is 9.92. The molecule has 5 heteroatoms. The monoisotopic (exact) mass is 473 g/mol. The summed E-state index contributed by atoms with van der Waals surface area (Å²) >= 11 is 8.24. The van der Waals surface area contributed by atoms with E-state index in [1.807, 2.05) is 72.8 Å². The van der Waals surface area contributed by atoms with Gasteiger partial charge in [0, 0.05) is 28.9 Å². The Hall–Kier alpha value is -2.92. The van der Waals surface area contributed by atoms with E-state index in [1.165, 1.54) is 16.0 Å². The summed E-state index contributed by atoms with van der Waals surface area (Å²) in [7, 11) is 0. The standard InChI is InChI=1S/C28H24ClNO2S/c29-25-14-8-7-11-21(25)18-30-19-22-15-16-33-27(22)24(17-20-9-3-1-4-10-20)26(30)28(31)32-23-12-5-2-6-13-23/h1-16,24,26H,17-19H2. The van der Waals surface area contributed by atoms with E-state index in [2.05, 4.69) is 28.5 Å². The van der Waals surface area contributed by atoms with Crippen molar-refractivity contribution in [1.82, 2.24) is 4.90 Å². The smallest absolute Gasteiger partial charge is 0.329 e. The fourth-order valence-electron chi connectivity index (χ4n) is 4.57. The van der Waals surface area contributed by atoms with E-state index >= 15 is 0 Å². The van der Waals surface area contributed by atoms with E-state index in [1.54, 1.807) is 11.3 Å². The quantitative estimate of drug-likeness (QED) is 0.230. The second-order valence-electron chi connectivity index (χ2n) is 8.28. The Balaban J connectivity index is 1.53. The third-order valence-electron chi connectivity index (χ3n) is 6.10. The highest BCUT2D eigenvalue weighted by atomic mass is 35.5.